The normalized spacial score (nSPS) is 15.1. The lowest BCUT2D eigenvalue weighted by molar-refractivity contribution is 0.282. The van der Waals surface area contributed by atoms with Gasteiger partial charge in [-0.1, -0.05) is 87.4 Å². The molecule has 1 fully saturated rings. The molecule has 4 aromatic rings. The molecule has 1 aliphatic carbocycles. The zero-order chi connectivity index (χ0) is 25.8. The van der Waals surface area contributed by atoms with Gasteiger partial charge in [-0.15, -0.1) is 0 Å². The van der Waals surface area contributed by atoms with Crippen LogP contribution in [0.4, 0.5) is 0 Å². The summed E-state index contributed by atoms with van der Waals surface area (Å²) in [5.74, 6) is 0. The second-order valence-electron chi connectivity index (χ2n) is 10.3. The van der Waals surface area contributed by atoms with Crippen molar-refractivity contribution in [3.05, 3.63) is 113 Å². The average Bonchev–Trinajstić information content (AvgIpc) is 3.41. The van der Waals surface area contributed by atoms with E-state index in [4.69, 9.17) is 0 Å². The van der Waals surface area contributed by atoms with Crippen LogP contribution in [0.15, 0.2) is 96.6 Å². The molecule has 1 saturated carbocycles. The number of aromatic nitrogens is 1. The van der Waals surface area contributed by atoms with Crippen LogP contribution in [0.1, 0.15) is 57.1 Å². The number of aromatic amines is 1. The minimum absolute atomic E-state index is 0.0508. The van der Waals surface area contributed by atoms with Gasteiger partial charge in [-0.25, -0.2) is 0 Å². The van der Waals surface area contributed by atoms with Crippen LogP contribution in [0.3, 0.4) is 0 Å². The van der Waals surface area contributed by atoms with Crippen LogP contribution in [0.2, 0.25) is 0 Å². The highest BCUT2D eigenvalue weighted by Gasteiger charge is 2.32. The summed E-state index contributed by atoms with van der Waals surface area (Å²) in [6, 6.07) is 23.4. The van der Waals surface area contributed by atoms with Gasteiger partial charge in [-0.05, 0) is 83.3 Å². The Kier molecular flexibility index (Phi) is 7.14. The van der Waals surface area contributed by atoms with Gasteiger partial charge in [0.25, 0.3) is 0 Å². The molecule has 0 unspecified atom stereocenters. The van der Waals surface area contributed by atoms with Crippen molar-refractivity contribution in [2.45, 2.75) is 52.4 Å². The number of pyridine rings is 1. The third-order valence-corrected chi connectivity index (χ3v) is 8.23. The van der Waals surface area contributed by atoms with Gasteiger partial charge in [-0.2, -0.15) is 0 Å². The van der Waals surface area contributed by atoms with Crippen LogP contribution in [0.5, 0.6) is 0 Å². The molecule has 188 valence electrons. The molecule has 1 aliphatic rings. The Hall–Kier alpha value is -3.85. The smallest absolute Gasteiger partial charge is 0.189 e. The second kappa shape index (κ2) is 10.6. The van der Waals surface area contributed by atoms with E-state index >= 15 is 0 Å². The Bertz CT molecular complexity index is 1500. The largest absolute Gasteiger partial charge is 0.362 e. The molecule has 0 bridgehead atoms. The minimum atomic E-state index is 0.0508. The molecule has 3 heteroatoms. The molecule has 37 heavy (non-hydrogen) atoms. The van der Waals surface area contributed by atoms with Crippen LogP contribution in [-0.2, 0) is 6.42 Å². The van der Waals surface area contributed by atoms with Crippen molar-refractivity contribution in [3.63, 3.8) is 0 Å². The third kappa shape index (κ3) is 5.04. The molecule has 1 aromatic heterocycles. The molecule has 2 N–H and O–H groups in total. The predicted molar refractivity (Wildman–Crippen MR) is 157 cm³/mol. The summed E-state index contributed by atoms with van der Waals surface area (Å²) in [4.78, 5) is 15.7. The maximum Gasteiger partial charge on any atom is 0.189 e. The molecule has 3 aromatic carbocycles. The molecule has 0 amide bonds. The summed E-state index contributed by atoms with van der Waals surface area (Å²) in [6.07, 6.45) is 13.0. The fraction of sp³-hybridized carbons (Fsp3) is 0.265. The molecule has 3 nitrogen and oxygen atoms in total. The zero-order valence-corrected chi connectivity index (χ0v) is 21.9. The van der Waals surface area contributed by atoms with Crippen molar-refractivity contribution in [1.29, 1.82) is 0 Å². The Balaban J connectivity index is 1.59. The highest BCUT2D eigenvalue weighted by molar-refractivity contribution is 5.85. The van der Waals surface area contributed by atoms with Crippen LogP contribution >= 0.6 is 0 Å². The highest BCUT2D eigenvalue weighted by Crippen LogP contribution is 2.45. The van der Waals surface area contributed by atoms with Crippen molar-refractivity contribution < 1.29 is 0 Å². The monoisotopic (exact) mass is 488 g/mol. The van der Waals surface area contributed by atoms with E-state index in [0.717, 1.165) is 39.7 Å². The van der Waals surface area contributed by atoms with E-state index in [2.05, 4.69) is 78.4 Å². The summed E-state index contributed by atoms with van der Waals surface area (Å²) in [5, 5.41) is 3.95. The summed E-state index contributed by atoms with van der Waals surface area (Å²) in [6.45, 7) is 8.18. The number of hydrogen-bond donors (Lipinski definition) is 2. The minimum Gasteiger partial charge on any atom is -0.362 e. The van der Waals surface area contributed by atoms with Crippen molar-refractivity contribution in [2.75, 3.05) is 0 Å². The first kappa shape index (κ1) is 24.8. The topological polar surface area (TPSA) is 44.9 Å². The van der Waals surface area contributed by atoms with E-state index in [1.54, 1.807) is 18.5 Å². The lowest BCUT2D eigenvalue weighted by atomic mass is 9.76. The van der Waals surface area contributed by atoms with Crippen molar-refractivity contribution in [2.24, 2.45) is 5.41 Å². The summed E-state index contributed by atoms with van der Waals surface area (Å²) in [5.41, 5.74) is 9.67. The number of H-pyrrole nitrogens is 1. The molecule has 0 aliphatic heterocycles. The number of benzene rings is 3. The Labute approximate surface area is 220 Å². The van der Waals surface area contributed by atoms with E-state index < -0.39 is 0 Å². The van der Waals surface area contributed by atoms with Gasteiger partial charge < -0.3 is 10.3 Å². The van der Waals surface area contributed by atoms with Crippen LogP contribution < -0.4 is 10.7 Å². The van der Waals surface area contributed by atoms with Crippen molar-refractivity contribution in [3.8, 4) is 22.3 Å². The van der Waals surface area contributed by atoms with Crippen molar-refractivity contribution in [1.82, 2.24) is 10.3 Å². The molecule has 0 saturated heterocycles. The molecular weight excluding hydrogens is 452 g/mol. The first-order valence-corrected chi connectivity index (χ1v) is 13.5. The van der Waals surface area contributed by atoms with Gasteiger partial charge in [0, 0.05) is 28.9 Å². The van der Waals surface area contributed by atoms with Crippen LogP contribution in [-0.4, -0.2) is 4.98 Å². The quantitative estimate of drug-likeness (QED) is 0.261. The van der Waals surface area contributed by atoms with Gasteiger partial charge >= 0.3 is 0 Å². The summed E-state index contributed by atoms with van der Waals surface area (Å²) in [7, 11) is 0. The Morgan fingerprint density at radius 1 is 0.973 bits per heavy atom. The maximum atomic E-state index is 12.5. The van der Waals surface area contributed by atoms with E-state index in [1.807, 2.05) is 19.1 Å². The average molecular weight is 489 g/mol. The van der Waals surface area contributed by atoms with Gasteiger partial charge in [0.1, 0.15) is 0 Å². The number of nitrogens with one attached hydrogen (secondary N) is 2. The molecule has 1 heterocycles. The summed E-state index contributed by atoms with van der Waals surface area (Å²) < 4.78 is 0. The van der Waals surface area contributed by atoms with E-state index in [-0.39, 0.29) is 5.43 Å². The Morgan fingerprint density at radius 3 is 2.38 bits per heavy atom. The molecule has 0 spiro atoms. The van der Waals surface area contributed by atoms with E-state index in [1.165, 1.54) is 48.8 Å². The fourth-order valence-electron chi connectivity index (χ4n) is 6.01. The number of hydrogen-bond acceptors (Lipinski definition) is 2. The second-order valence-corrected chi connectivity index (χ2v) is 10.3. The molecular formula is C34H36N2O. The van der Waals surface area contributed by atoms with E-state index in [9.17, 15) is 4.79 Å². The molecule has 0 radical (unpaired) electrons. The lowest BCUT2D eigenvalue weighted by Gasteiger charge is -2.29. The summed E-state index contributed by atoms with van der Waals surface area (Å²) >= 11 is 0. The highest BCUT2D eigenvalue weighted by atomic mass is 16.1. The first-order chi connectivity index (χ1) is 18.1. The lowest BCUT2D eigenvalue weighted by Crippen LogP contribution is -2.19. The van der Waals surface area contributed by atoms with Crippen LogP contribution in [0, 0.1) is 5.41 Å². The number of fused-ring (bicyclic) bond motifs is 1. The van der Waals surface area contributed by atoms with Gasteiger partial charge in [0.2, 0.25) is 0 Å². The third-order valence-electron chi connectivity index (χ3n) is 8.23. The van der Waals surface area contributed by atoms with Crippen LogP contribution in [0.25, 0.3) is 38.9 Å². The van der Waals surface area contributed by atoms with Gasteiger partial charge in [-0.3, -0.25) is 4.79 Å². The fourth-order valence-corrected chi connectivity index (χ4v) is 6.01. The first-order valence-electron chi connectivity index (χ1n) is 13.5. The Morgan fingerprint density at radius 2 is 1.68 bits per heavy atom. The standard InChI is InChI=1S/C34H36N2O/c1-4-31(35-6-3)25-11-9-24(10-12-25)29-15-13-26(21-28(29)23-34(5-2)18-7-8-19-34)27-14-16-32-30(22-27)33(37)17-20-36-32/h4,6,9-17,20-22,35H,3,5,7-8,18-19,23H2,1-2H3,(H,36,37)/b31-4-. The number of rotatable bonds is 8. The molecule has 5 rings (SSSR count). The SMILES string of the molecule is C=CN/C(=C\C)c1ccc(-c2ccc(-c3ccc4[nH]ccc(=O)c4c3)cc2CC2(CC)CCCC2)cc1. The number of allylic oxidation sites excluding steroid dienone is 1. The molecule has 0 atom stereocenters. The van der Waals surface area contributed by atoms with Gasteiger partial charge in [0.05, 0.1) is 0 Å². The van der Waals surface area contributed by atoms with Gasteiger partial charge in [0.15, 0.2) is 5.43 Å². The van der Waals surface area contributed by atoms with Crippen molar-refractivity contribution >= 4 is 16.6 Å². The zero-order valence-electron chi connectivity index (χ0n) is 21.9. The maximum absolute atomic E-state index is 12.5. The predicted octanol–water partition coefficient (Wildman–Crippen LogP) is 8.47. The van der Waals surface area contributed by atoms with E-state index in [0.29, 0.717) is 5.41 Å².